The highest BCUT2D eigenvalue weighted by molar-refractivity contribution is 4.96. The number of hydrogen-bond acceptors (Lipinski definition) is 2. The summed E-state index contributed by atoms with van der Waals surface area (Å²) in [5, 5.41) is 9.75. The van der Waals surface area contributed by atoms with Crippen molar-refractivity contribution in [1.29, 1.82) is 0 Å². The topological polar surface area (TPSA) is 29.5 Å². The molecular formula is C10H20O2. The summed E-state index contributed by atoms with van der Waals surface area (Å²) in [5.74, 6) is 0. The highest BCUT2D eigenvalue weighted by Crippen LogP contribution is 2.23. The van der Waals surface area contributed by atoms with Crippen LogP contribution in [-0.2, 0) is 4.74 Å². The molecule has 0 aromatic carbocycles. The molecule has 12 heavy (non-hydrogen) atoms. The van der Waals surface area contributed by atoms with Gasteiger partial charge in [0.2, 0.25) is 0 Å². The second-order valence-corrected chi connectivity index (χ2v) is 3.55. The van der Waals surface area contributed by atoms with Crippen molar-refractivity contribution in [2.24, 2.45) is 0 Å². The standard InChI is InChI=1S/C10H20O2/c1-6-10(4,12-5)9(11)7-8(2)3/h9,11H,2,6-7H2,1,3-5H3. The summed E-state index contributed by atoms with van der Waals surface area (Å²) in [6, 6.07) is 0. The van der Waals surface area contributed by atoms with Crippen molar-refractivity contribution in [3.8, 4) is 0 Å². The van der Waals surface area contributed by atoms with E-state index in [9.17, 15) is 5.11 Å². The van der Waals surface area contributed by atoms with Gasteiger partial charge in [-0.2, -0.15) is 0 Å². The largest absolute Gasteiger partial charge is 0.390 e. The van der Waals surface area contributed by atoms with Crippen LogP contribution in [0.1, 0.15) is 33.6 Å². The van der Waals surface area contributed by atoms with E-state index in [1.807, 2.05) is 20.8 Å². The van der Waals surface area contributed by atoms with Crippen LogP contribution in [0.4, 0.5) is 0 Å². The zero-order chi connectivity index (χ0) is 9.78. The molecule has 0 saturated heterocycles. The van der Waals surface area contributed by atoms with E-state index in [-0.39, 0.29) is 0 Å². The molecule has 0 heterocycles. The van der Waals surface area contributed by atoms with E-state index in [0.29, 0.717) is 6.42 Å². The number of hydrogen-bond donors (Lipinski definition) is 1. The first kappa shape index (κ1) is 11.7. The van der Waals surface area contributed by atoms with Crippen LogP contribution in [0.2, 0.25) is 0 Å². The van der Waals surface area contributed by atoms with Crippen LogP contribution < -0.4 is 0 Å². The number of aliphatic hydroxyl groups excluding tert-OH is 1. The minimum absolute atomic E-state index is 0.432. The number of rotatable bonds is 5. The zero-order valence-corrected chi connectivity index (χ0v) is 8.55. The lowest BCUT2D eigenvalue weighted by atomic mass is 9.91. The predicted octanol–water partition coefficient (Wildman–Crippen LogP) is 2.13. The number of methoxy groups -OCH3 is 1. The smallest absolute Gasteiger partial charge is 0.0908 e. The van der Waals surface area contributed by atoms with E-state index in [1.54, 1.807) is 7.11 Å². The fourth-order valence-corrected chi connectivity index (χ4v) is 1.06. The van der Waals surface area contributed by atoms with Gasteiger partial charge in [0.15, 0.2) is 0 Å². The van der Waals surface area contributed by atoms with Gasteiger partial charge in [0, 0.05) is 7.11 Å². The molecular weight excluding hydrogens is 152 g/mol. The van der Waals surface area contributed by atoms with Gasteiger partial charge in [0.05, 0.1) is 11.7 Å². The molecule has 72 valence electrons. The Morgan fingerprint density at radius 2 is 2.17 bits per heavy atom. The Labute approximate surface area is 75.2 Å². The Bertz CT molecular complexity index is 148. The monoisotopic (exact) mass is 172 g/mol. The van der Waals surface area contributed by atoms with E-state index in [2.05, 4.69) is 6.58 Å². The van der Waals surface area contributed by atoms with Gasteiger partial charge in [-0.15, -0.1) is 6.58 Å². The first-order valence-electron chi connectivity index (χ1n) is 4.34. The normalized spacial score (nSPS) is 18.4. The molecule has 0 rings (SSSR count). The molecule has 0 fully saturated rings. The lowest BCUT2D eigenvalue weighted by Gasteiger charge is -2.32. The third-order valence-electron chi connectivity index (χ3n) is 2.42. The molecule has 2 heteroatoms. The predicted molar refractivity (Wildman–Crippen MR) is 51.1 cm³/mol. The van der Waals surface area contributed by atoms with Gasteiger partial charge >= 0.3 is 0 Å². The highest BCUT2D eigenvalue weighted by atomic mass is 16.5. The van der Waals surface area contributed by atoms with Gasteiger partial charge in [-0.25, -0.2) is 0 Å². The molecule has 0 aliphatic carbocycles. The van der Waals surface area contributed by atoms with Gasteiger partial charge in [-0.1, -0.05) is 12.5 Å². The van der Waals surface area contributed by atoms with Crippen molar-refractivity contribution in [3.63, 3.8) is 0 Å². The van der Waals surface area contributed by atoms with Crippen LogP contribution in [0.25, 0.3) is 0 Å². The Morgan fingerprint density at radius 1 is 1.67 bits per heavy atom. The van der Waals surface area contributed by atoms with Gasteiger partial charge in [-0.3, -0.25) is 0 Å². The van der Waals surface area contributed by atoms with Crippen LogP contribution in [0.3, 0.4) is 0 Å². The Morgan fingerprint density at radius 3 is 2.42 bits per heavy atom. The van der Waals surface area contributed by atoms with Crippen LogP contribution in [0.5, 0.6) is 0 Å². The molecule has 0 aromatic rings. The second-order valence-electron chi connectivity index (χ2n) is 3.55. The molecule has 0 aromatic heterocycles. The van der Waals surface area contributed by atoms with E-state index in [4.69, 9.17) is 4.74 Å². The number of ether oxygens (including phenoxy) is 1. The molecule has 0 saturated carbocycles. The summed E-state index contributed by atoms with van der Waals surface area (Å²) in [7, 11) is 1.63. The van der Waals surface area contributed by atoms with Crippen LogP contribution >= 0.6 is 0 Å². The van der Waals surface area contributed by atoms with Crippen LogP contribution in [-0.4, -0.2) is 23.9 Å². The third kappa shape index (κ3) is 2.95. The summed E-state index contributed by atoms with van der Waals surface area (Å²) in [6.07, 6.45) is 0.959. The Kier molecular flexibility index (Phi) is 4.50. The van der Waals surface area contributed by atoms with Gasteiger partial charge in [0.1, 0.15) is 0 Å². The average Bonchev–Trinajstić information content (AvgIpc) is 2.02. The van der Waals surface area contributed by atoms with E-state index >= 15 is 0 Å². The summed E-state index contributed by atoms with van der Waals surface area (Å²) in [4.78, 5) is 0. The van der Waals surface area contributed by atoms with Crippen molar-refractivity contribution in [3.05, 3.63) is 12.2 Å². The molecule has 2 unspecified atom stereocenters. The molecule has 2 nitrogen and oxygen atoms in total. The first-order chi connectivity index (χ1) is 5.46. The van der Waals surface area contributed by atoms with E-state index < -0.39 is 11.7 Å². The maximum atomic E-state index is 9.75. The zero-order valence-electron chi connectivity index (χ0n) is 8.55. The molecule has 0 aliphatic rings. The second kappa shape index (κ2) is 4.63. The molecule has 2 atom stereocenters. The fraction of sp³-hybridized carbons (Fsp3) is 0.800. The highest BCUT2D eigenvalue weighted by Gasteiger charge is 2.30. The van der Waals surface area contributed by atoms with Crippen molar-refractivity contribution in [1.82, 2.24) is 0 Å². The summed E-state index contributed by atoms with van der Waals surface area (Å²) in [5.41, 5.74) is 0.554. The maximum Gasteiger partial charge on any atom is 0.0908 e. The lowest BCUT2D eigenvalue weighted by Crippen LogP contribution is -2.40. The van der Waals surface area contributed by atoms with Crippen molar-refractivity contribution >= 4 is 0 Å². The Hall–Kier alpha value is -0.340. The van der Waals surface area contributed by atoms with Gasteiger partial charge < -0.3 is 9.84 Å². The van der Waals surface area contributed by atoms with Crippen molar-refractivity contribution in [2.75, 3.05) is 7.11 Å². The van der Waals surface area contributed by atoms with Gasteiger partial charge in [0.25, 0.3) is 0 Å². The van der Waals surface area contributed by atoms with Gasteiger partial charge in [-0.05, 0) is 26.7 Å². The molecule has 0 spiro atoms. The minimum atomic E-state index is -0.454. The summed E-state index contributed by atoms with van der Waals surface area (Å²) in [6.45, 7) is 9.60. The Balaban J connectivity index is 4.20. The maximum absolute atomic E-state index is 9.75. The third-order valence-corrected chi connectivity index (χ3v) is 2.42. The van der Waals surface area contributed by atoms with Crippen LogP contribution in [0, 0.1) is 0 Å². The molecule has 0 amide bonds. The summed E-state index contributed by atoms with van der Waals surface area (Å²) >= 11 is 0. The SMILES string of the molecule is C=C(C)CC(O)C(C)(CC)OC. The van der Waals surface area contributed by atoms with E-state index in [0.717, 1.165) is 12.0 Å². The molecule has 0 bridgehead atoms. The molecule has 1 N–H and O–H groups in total. The minimum Gasteiger partial charge on any atom is -0.390 e. The van der Waals surface area contributed by atoms with Crippen molar-refractivity contribution in [2.45, 2.75) is 45.3 Å². The lowest BCUT2D eigenvalue weighted by molar-refractivity contribution is -0.0913. The summed E-state index contributed by atoms with van der Waals surface area (Å²) < 4.78 is 5.26. The molecule has 0 aliphatic heterocycles. The van der Waals surface area contributed by atoms with Crippen molar-refractivity contribution < 1.29 is 9.84 Å². The molecule has 0 radical (unpaired) electrons. The number of aliphatic hydroxyl groups is 1. The van der Waals surface area contributed by atoms with Crippen LogP contribution in [0.15, 0.2) is 12.2 Å². The van der Waals surface area contributed by atoms with E-state index in [1.165, 1.54) is 0 Å². The fourth-order valence-electron chi connectivity index (χ4n) is 1.06. The average molecular weight is 172 g/mol. The quantitative estimate of drug-likeness (QED) is 0.644. The first-order valence-corrected chi connectivity index (χ1v) is 4.34.